The minimum atomic E-state index is -1.06. The SMILES string of the molecule is COc1cc2c(cc1F)/C(=C/c1ccc([S+](C)[O-])cc1)C(C)=C2CC(=O)O. The largest absolute Gasteiger partial charge is 0.612 e. The summed E-state index contributed by atoms with van der Waals surface area (Å²) in [6.45, 7) is 1.84. The van der Waals surface area contributed by atoms with Gasteiger partial charge in [-0.2, -0.15) is 0 Å². The second-order valence-corrected chi connectivity index (χ2v) is 7.67. The molecule has 2 aromatic carbocycles. The Morgan fingerprint density at radius 1 is 1.26 bits per heavy atom. The van der Waals surface area contributed by atoms with Crippen molar-refractivity contribution in [2.45, 2.75) is 18.2 Å². The summed E-state index contributed by atoms with van der Waals surface area (Å²) in [7, 11) is 1.38. The summed E-state index contributed by atoms with van der Waals surface area (Å²) in [4.78, 5) is 12.0. The molecule has 0 amide bonds. The zero-order valence-corrected chi connectivity index (χ0v) is 16.0. The molecule has 3 rings (SSSR count). The number of hydrogen-bond acceptors (Lipinski definition) is 3. The number of rotatable bonds is 5. The molecule has 0 spiro atoms. The van der Waals surface area contributed by atoms with E-state index in [0.29, 0.717) is 16.7 Å². The third-order valence-electron chi connectivity index (χ3n) is 4.61. The van der Waals surface area contributed by atoms with Crippen molar-refractivity contribution in [2.75, 3.05) is 13.4 Å². The van der Waals surface area contributed by atoms with Gasteiger partial charge in [0.15, 0.2) is 16.5 Å². The maximum Gasteiger partial charge on any atom is 0.307 e. The highest BCUT2D eigenvalue weighted by Crippen LogP contribution is 2.45. The zero-order valence-electron chi connectivity index (χ0n) is 15.2. The van der Waals surface area contributed by atoms with Crippen LogP contribution < -0.4 is 4.74 Å². The molecule has 2 aromatic rings. The van der Waals surface area contributed by atoms with Crippen molar-refractivity contribution in [1.82, 2.24) is 0 Å². The maximum absolute atomic E-state index is 14.3. The van der Waals surface area contributed by atoms with E-state index in [1.54, 1.807) is 24.5 Å². The molecule has 0 bridgehead atoms. The monoisotopic (exact) mass is 386 g/mol. The Morgan fingerprint density at radius 2 is 1.93 bits per heavy atom. The van der Waals surface area contributed by atoms with Gasteiger partial charge in [-0.25, -0.2) is 4.39 Å². The lowest BCUT2D eigenvalue weighted by Gasteiger charge is -2.09. The molecular formula is C21H19FO4S. The molecule has 4 nitrogen and oxygen atoms in total. The van der Waals surface area contributed by atoms with Gasteiger partial charge in [-0.15, -0.1) is 0 Å². The van der Waals surface area contributed by atoms with Gasteiger partial charge in [0.2, 0.25) is 0 Å². The Morgan fingerprint density at radius 3 is 2.48 bits per heavy atom. The summed E-state index contributed by atoms with van der Waals surface area (Å²) in [6, 6.07) is 10.2. The summed E-state index contributed by atoms with van der Waals surface area (Å²) < 4.78 is 30.9. The number of carboxylic acid groups (broad SMARTS) is 1. The number of halogens is 1. The number of benzene rings is 2. The van der Waals surface area contributed by atoms with Crippen LogP contribution in [0.4, 0.5) is 4.39 Å². The summed E-state index contributed by atoms with van der Waals surface area (Å²) in [5.74, 6) is -1.36. The summed E-state index contributed by atoms with van der Waals surface area (Å²) >= 11 is -1.06. The van der Waals surface area contributed by atoms with Crippen LogP contribution in [0.2, 0.25) is 0 Å². The minimum absolute atomic E-state index is 0.0838. The number of aliphatic carboxylic acids is 1. The fourth-order valence-corrected chi connectivity index (χ4v) is 3.76. The van der Waals surface area contributed by atoms with Crippen LogP contribution in [-0.2, 0) is 16.0 Å². The van der Waals surface area contributed by atoms with E-state index in [0.717, 1.165) is 21.6 Å². The van der Waals surface area contributed by atoms with E-state index in [-0.39, 0.29) is 12.2 Å². The van der Waals surface area contributed by atoms with Gasteiger partial charge in [-0.1, -0.05) is 0 Å². The third kappa shape index (κ3) is 3.77. The summed E-state index contributed by atoms with van der Waals surface area (Å²) in [5, 5.41) is 9.27. The first-order valence-corrected chi connectivity index (χ1v) is 9.83. The van der Waals surface area contributed by atoms with Gasteiger partial charge in [0.05, 0.1) is 13.5 Å². The number of carbonyl (C=O) groups is 1. The van der Waals surface area contributed by atoms with Crippen LogP contribution in [-0.4, -0.2) is 29.0 Å². The Balaban J connectivity index is 2.14. The number of methoxy groups -OCH3 is 1. The molecule has 0 radical (unpaired) electrons. The Bertz CT molecular complexity index is 959. The first kappa shape index (κ1) is 19.2. The molecule has 0 fully saturated rings. The number of fused-ring (bicyclic) bond motifs is 1. The van der Waals surface area contributed by atoms with Gasteiger partial charge in [0, 0.05) is 0 Å². The van der Waals surface area contributed by atoms with Crippen LogP contribution in [0.1, 0.15) is 30.0 Å². The zero-order chi connectivity index (χ0) is 19.7. The lowest BCUT2D eigenvalue weighted by molar-refractivity contribution is -0.135. The quantitative estimate of drug-likeness (QED) is 0.775. The maximum atomic E-state index is 14.3. The molecule has 140 valence electrons. The van der Waals surface area contributed by atoms with Crippen molar-refractivity contribution in [2.24, 2.45) is 0 Å². The van der Waals surface area contributed by atoms with Gasteiger partial charge in [-0.05, 0) is 94.0 Å². The van der Waals surface area contributed by atoms with E-state index < -0.39 is 23.0 Å². The Kier molecular flexibility index (Phi) is 5.39. The van der Waals surface area contributed by atoms with Gasteiger partial charge < -0.3 is 14.4 Å². The molecular weight excluding hydrogens is 367 g/mol. The Labute approximate surface area is 160 Å². The Hall–Kier alpha value is -2.57. The average molecular weight is 386 g/mol. The van der Waals surface area contributed by atoms with E-state index in [1.165, 1.54) is 13.2 Å². The van der Waals surface area contributed by atoms with E-state index in [2.05, 4.69) is 0 Å². The molecule has 0 saturated heterocycles. The number of hydrogen-bond donors (Lipinski definition) is 1. The fourth-order valence-electron chi connectivity index (χ4n) is 3.24. The van der Waals surface area contributed by atoms with E-state index in [4.69, 9.17) is 4.74 Å². The van der Waals surface area contributed by atoms with Gasteiger partial charge in [0.25, 0.3) is 0 Å². The smallest absolute Gasteiger partial charge is 0.307 e. The molecule has 1 N–H and O–H groups in total. The van der Waals surface area contributed by atoms with Crippen molar-refractivity contribution in [1.29, 1.82) is 0 Å². The molecule has 0 aromatic heterocycles. The molecule has 1 aliphatic carbocycles. The highest BCUT2D eigenvalue weighted by Gasteiger charge is 2.27. The molecule has 1 unspecified atom stereocenters. The first-order chi connectivity index (χ1) is 12.8. The van der Waals surface area contributed by atoms with Crippen molar-refractivity contribution < 1.29 is 23.6 Å². The molecule has 27 heavy (non-hydrogen) atoms. The van der Waals surface area contributed by atoms with Crippen LogP contribution in [0.15, 0.2) is 46.9 Å². The van der Waals surface area contributed by atoms with E-state index >= 15 is 0 Å². The minimum Gasteiger partial charge on any atom is -0.612 e. The standard InChI is InChI=1S/C21H19FO4S/c1-12-15(8-13-4-6-14(7-5-13)27(3)25)17-9-19(22)20(26-2)10-18(17)16(12)11-21(23)24/h4-10H,11H2,1-3H3,(H,23,24)/b15-8+. The highest BCUT2D eigenvalue weighted by molar-refractivity contribution is 7.90. The fraction of sp³-hybridized carbons (Fsp3) is 0.190. The molecule has 1 aliphatic rings. The van der Waals surface area contributed by atoms with Crippen LogP contribution >= 0.6 is 0 Å². The van der Waals surface area contributed by atoms with Crippen molar-refractivity contribution in [3.63, 3.8) is 0 Å². The van der Waals surface area contributed by atoms with Crippen molar-refractivity contribution in [3.05, 3.63) is 64.5 Å². The molecule has 0 saturated carbocycles. The van der Waals surface area contributed by atoms with Crippen LogP contribution in [0, 0.1) is 5.82 Å². The number of carboxylic acids is 1. The second-order valence-electron chi connectivity index (χ2n) is 6.29. The van der Waals surface area contributed by atoms with Crippen LogP contribution in [0.5, 0.6) is 5.75 Å². The predicted molar refractivity (Wildman–Crippen MR) is 104 cm³/mol. The normalized spacial score (nSPS) is 15.8. The van der Waals surface area contributed by atoms with Crippen molar-refractivity contribution >= 4 is 34.4 Å². The molecule has 1 atom stereocenters. The molecule has 0 aliphatic heterocycles. The van der Waals surface area contributed by atoms with E-state index in [1.807, 2.05) is 25.1 Å². The lowest BCUT2D eigenvalue weighted by Crippen LogP contribution is -1.98. The second kappa shape index (κ2) is 7.58. The van der Waals surface area contributed by atoms with Crippen LogP contribution in [0.3, 0.4) is 0 Å². The van der Waals surface area contributed by atoms with E-state index in [9.17, 15) is 18.8 Å². The third-order valence-corrected chi connectivity index (χ3v) is 5.55. The average Bonchev–Trinajstić information content (AvgIpc) is 2.86. The molecule has 0 heterocycles. The van der Waals surface area contributed by atoms with Gasteiger partial charge in [-0.3, -0.25) is 4.79 Å². The topological polar surface area (TPSA) is 69.6 Å². The number of allylic oxidation sites excluding steroid dienone is 2. The highest BCUT2D eigenvalue weighted by atomic mass is 32.2. The summed E-state index contributed by atoms with van der Waals surface area (Å²) in [6.07, 6.45) is 3.35. The number of ether oxygens (including phenoxy) is 1. The molecule has 6 heteroatoms. The van der Waals surface area contributed by atoms with Gasteiger partial charge in [0.1, 0.15) is 6.26 Å². The van der Waals surface area contributed by atoms with Crippen molar-refractivity contribution in [3.8, 4) is 5.75 Å². The predicted octanol–water partition coefficient (Wildman–Crippen LogP) is 4.37. The van der Waals surface area contributed by atoms with Gasteiger partial charge >= 0.3 is 5.97 Å². The first-order valence-electron chi connectivity index (χ1n) is 8.27. The van der Waals surface area contributed by atoms with Crippen LogP contribution in [0.25, 0.3) is 17.2 Å². The lowest BCUT2D eigenvalue weighted by atomic mass is 10.00. The summed E-state index contributed by atoms with van der Waals surface area (Å²) in [5.41, 5.74) is 4.39.